The van der Waals surface area contributed by atoms with Crippen LogP contribution in [0.5, 0.6) is 0 Å². The van der Waals surface area contributed by atoms with Gasteiger partial charge in [-0.05, 0) is 29.8 Å². The van der Waals surface area contributed by atoms with Crippen LogP contribution in [-0.4, -0.2) is 61.7 Å². The minimum atomic E-state index is -0.453. The van der Waals surface area contributed by atoms with E-state index < -0.39 is 5.91 Å². The fraction of sp³-hybridized carbons (Fsp3) is 0.278. The van der Waals surface area contributed by atoms with Crippen molar-refractivity contribution in [2.75, 3.05) is 19.7 Å². The van der Waals surface area contributed by atoms with Crippen LogP contribution in [0.25, 0.3) is 11.5 Å². The number of carbonyl (C=O) groups excluding carboxylic acids is 2. The first-order chi connectivity index (χ1) is 14.0. The molecule has 1 amide bonds. The van der Waals surface area contributed by atoms with Crippen LogP contribution in [0.4, 0.5) is 0 Å². The SMILES string of the molecule is Cc1c(-c2nnn(CCO)n2)[nH]c(C(=O)NCCN)c1C(=O)c1cccc(Br)c1. The van der Waals surface area contributed by atoms with E-state index in [2.05, 4.69) is 41.6 Å². The topological polar surface area (TPSA) is 152 Å². The van der Waals surface area contributed by atoms with Crippen molar-refractivity contribution in [2.24, 2.45) is 5.73 Å². The van der Waals surface area contributed by atoms with Gasteiger partial charge in [0.2, 0.25) is 5.82 Å². The number of amides is 1. The molecule has 0 aliphatic heterocycles. The molecule has 0 aliphatic carbocycles. The van der Waals surface area contributed by atoms with Crippen LogP contribution in [0.2, 0.25) is 0 Å². The van der Waals surface area contributed by atoms with Crippen molar-refractivity contribution in [3.63, 3.8) is 0 Å². The van der Waals surface area contributed by atoms with Crippen LogP contribution in [0.1, 0.15) is 32.0 Å². The molecule has 11 heteroatoms. The molecule has 2 heterocycles. The number of rotatable bonds is 8. The Morgan fingerprint density at radius 3 is 2.86 bits per heavy atom. The van der Waals surface area contributed by atoms with Gasteiger partial charge in [0.15, 0.2) is 5.78 Å². The molecule has 0 spiro atoms. The first-order valence-corrected chi connectivity index (χ1v) is 9.65. The Labute approximate surface area is 174 Å². The largest absolute Gasteiger partial charge is 0.394 e. The molecular weight excluding hydrogens is 442 g/mol. The fourth-order valence-electron chi connectivity index (χ4n) is 2.85. The van der Waals surface area contributed by atoms with Crippen molar-refractivity contribution in [3.05, 3.63) is 51.1 Å². The number of tetrazole rings is 1. The van der Waals surface area contributed by atoms with E-state index in [1.54, 1.807) is 25.1 Å². The lowest BCUT2D eigenvalue weighted by atomic mass is 9.99. The van der Waals surface area contributed by atoms with Gasteiger partial charge in [0, 0.05) is 23.1 Å². The maximum Gasteiger partial charge on any atom is 0.268 e. The summed E-state index contributed by atoms with van der Waals surface area (Å²) < 4.78 is 0.750. The van der Waals surface area contributed by atoms with Gasteiger partial charge < -0.3 is 21.1 Å². The molecule has 0 atom stereocenters. The number of nitrogens with zero attached hydrogens (tertiary/aromatic N) is 4. The summed E-state index contributed by atoms with van der Waals surface area (Å²) in [4.78, 5) is 30.1. The van der Waals surface area contributed by atoms with E-state index in [9.17, 15) is 9.59 Å². The van der Waals surface area contributed by atoms with Crippen LogP contribution in [0, 0.1) is 6.92 Å². The van der Waals surface area contributed by atoms with E-state index >= 15 is 0 Å². The highest BCUT2D eigenvalue weighted by molar-refractivity contribution is 9.10. The highest BCUT2D eigenvalue weighted by atomic mass is 79.9. The summed E-state index contributed by atoms with van der Waals surface area (Å²) >= 11 is 3.36. The third-order valence-electron chi connectivity index (χ3n) is 4.20. The Morgan fingerprint density at radius 2 is 2.17 bits per heavy atom. The van der Waals surface area contributed by atoms with E-state index in [0.717, 1.165) is 4.47 Å². The summed E-state index contributed by atoms with van der Waals surface area (Å²) in [5, 5.41) is 23.7. The van der Waals surface area contributed by atoms with Crippen molar-refractivity contribution in [3.8, 4) is 11.5 Å². The van der Waals surface area contributed by atoms with E-state index in [0.29, 0.717) is 16.8 Å². The van der Waals surface area contributed by atoms with Crippen LogP contribution in [0.3, 0.4) is 0 Å². The lowest BCUT2D eigenvalue weighted by molar-refractivity contribution is 0.0939. The van der Waals surface area contributed by atoms with E-state index in [1.807, 2.05) is 6.07 Å². The van der Waals surface area contributed by atoms with Crippen LogP contribution in [0.15, 0.2) is 28.7 Å². The van der Waals surface area contributed by atoms with Crippen molar-refractivity contribution in [2.45, 2.75) is 13.5 Å². The van der Waals surface area contributed by atoms with E-state index in [1.165, 1.54) is 4.80 Å². The minimum absolute atomic E-state index is 0.106. The standard InChI is InChI=1S/C18H20BrN7O3/c1-10-13(16(28)11-3-2-4-12(19)9-11)15(18(29)21-6-5-20)22-14(10)17-23-25-26(24-17)7-8-27/h2-4,9,22,27H,5-8,20H2,1H3,(H,21,29). The van der Waals surface area contributed by atoms with Gasteiger partial charge in [-0.3, -0.25) is 9.59 Å². The number of nitrogens with one attached hydrogen (secondary N) is 2. The molecule has 29 heavy (non-hydrogen) atoms. The number of benzene rings is 1. The number of carbonyl (C=O) groups is 2. The van der Waals surface area contributed by atoms with E-state index in [-0.39, 0.29) is 49.1 Å². The Balaban J connectivity index is 2.10. The number of H-pyrrole nitrogens is 1. The summed E-state index contributed by atoms with van der Waals surface area (Å²) in [6, 6.07) is 6.92. The maximum absolute atomic E-state index is 13.2. The zero-order chi connectivity index (χ0) is 21.0. The molecule has 0 bridgehead atoms. The number of ketones is 1. The smallest absolute Gasteiger partial charge is 0.268 e. The fourth-order valence-corrected chi connectivity index (χ4v) is 3.25. The first kappa shape index (κ1) is 20.8. The summed E-state index contributed by atoms with van der Waals surface area (Å²) in [7, 11) is 0. The number of aliphatic hydroxyl groups is 1. The molecule has 1 aromatic carbocycles. The van der Waals surface area contributed by atoms with Crippen LogP contribution < -0.4 is 11.1 Å². The van der Waals surface area contributed by atoms with Gasteiger partial charge in [-0.1, -0.05) is 28.1 Å². The lowest BCUT2D eigenvalue weighted by Crippen LogP contribution is -2.30. The van der Waals surface area contributed by atoms with Gasteiger partial charge in [0.25, 0.3) is 5.91 Å². The third kappa shape index (κ3) is 4.42. The van der Waals surface area contributed by atoms with Crippen LogP contribution >= 0.6 is 15.9 Å². The maximum atomic E-state index is 13.2. The molecule has 0 aliphatic rings. The second kappa shape index (κ2) is 9.07. The normalized spacial score (nSPS) is 10.9. The predicted octanol–water partition coefficient (Wildman–Crippen LogP) is 0.651. The quantitative estimate of drug-likeness (QED) is 0.359. The Hall–Kier alpha value is -2.89. The van der Waals surface area contributed by atoms with Crippen molar-refractivity contribution >= 4 is 27.6 Å². The molecule has 3 aromatic rings. The third-order valence-corrected chi connectivity index (χ3v) is 4.69. The molecule has 5 N–H and O–H groups in total. The summed E-state index contributed by atoms with van der Waals surface area (Å²) in [6.07, 6.45) is 0. The highest BCUT2D eigenvalue weighted by Crippen LogP contribution is 2.28. The van der Waals surface area contributed by atoms with Gasteiger partial charge in [-0.25, -0.2) is 0 Å². The monoisotopic (exact) mass is 461 g/mol. The highest BCUT2D eigenvalue weighted by Gasteiger charge is 2.27. The minimum Gasteiger partial charge on any atom is -0.394 e. The Kier molecular flexibility index (Phi) is 6.52. The molecule has 10 nitrogen and oxygen atoms in total. The number of aromatic amines is 1. The van der Waals surface area contributed by atoms with Gasteiger partial charge in [0.05, 0.1) is 24.4 Å². The number of halogens is 1. The Morgan fingerprint density at radius 1 is 1.38 bits per heavy atom. The molecule has 152 valence electrons. The molecule has 0 radical (unpaired) electrons. The summed E-state index contributed by atoms with van der Waals surface area (Å²) in [5.74, 6) is -0.546. The summed E-state index contributed by atoms with van der Waals surface area (Å²) in [6.45, 7) is 2.29. The summed E-state index contributed by atoms with van der Waals surface area (Å²) in [5.41, 5.74) is 7.16. The van der Waals surface area contributed by atoms with Gasteiger partial charge in [-0.15, -0.1) is 10.2 Å². The van der Waals surface area contributed by atoms with Gasteiger partial charge >= 0.3 is 0 Å². The molecule has 0 unspecified atom stereocenters. The molecule has 3 rings (SSSR count). The number of nitrogens with two attached hydrogens (primary N) is 1. The van der Waals surface area contributed by atoms with Crippen molar-refractivity contribution in [1.29, 1.82) is 0 Å². The molecule has 0 fully saturated rings. The van der Waals surface area contributed by atoms with Gasteiger partial charge in [-0.2, -0.15) is 4.80 Å². The second-order valence-electron chi connectivity index (χ2n) is 6.19. The molecule has 0 saturated heterocycles. The first-order valence-electron chi connectivity index (χ1n) is 8.86. The average molecular weight is 462 g/mol. The van der Waals surface area contributed by atoms with Gasteiger partial charge in [0.1, 0.15) is 5.69 Å². The predicted molar refractivity (Wildman–Crippen MR) is 108 cm³/mol. The molecule has 2 aromatic heterocycles. The zero-order valence-corrected chi connectivity index (χ0v) is 17.2. The molecular formula is C18H20BrN7O3. The number of hydrogen-bond acceptors (Lipinski definition) is 7. The second-order valence-corrected chi connectivity index (χ2v) is 7.11. The Bertz CT molecular complexity index is 1040. The van der Waals surface area contributed by atoms with E-state index in [4.69, 9.17) is 10.8 Å². The molecule has 0 saturated carbocycles. The average Bonchev–Trinajstić information content (AvgIpc) is 3.30. The van der Waals surface area contributed by atoms with Crippen molar-refractivity contribution < 1.29 is 14.7 Å². The number of aliphatic hydroxyl groups excluding tert-OH is 1. The number of hydrogen-bond donors (Lipinski definition) is 4. The zero-order valence-electron chi connectivity index (χ0n) is 15.6. The van der Waals surface area contributed by atoms with Crippen molar-refractivity contribution in [1.82, 2.24) is 30.5 Å². The number of aromatic nitrogens is 5. The lowest BCUT2D eigenvalue weighted by Gasteiger charge is -2.06. The van der Waals surface area contributed by atoms with Crippen LogP contribution in [-0.2, 0) is 6.54 Å².